The van der Waals surface area contributed by atoms with Gasteiger partial charge in [-0.05, 0) is 27.0 Å². The van der Waals surface area contributed by atoms with Gasteiger partial charge in [0.05, 0.1) is 14.9 Å². The van der Waals surface area contributed by atoms with E-state index in [9.17, 15) is 10.1 Å². The molecule has 1 aromatic rings. The van der Waals surface area contributed by atoms with Crippen LogP contribution < -0.4 is 0 Å². The monoisotopic (exact) mass is 419 g/mol. The molecule has 1 aliphatic rings. The highest BCUT2D eigenvalue weighted by atomic mass is 35.5. The molecule has 0 N–H and O–H groups in total. The second kappa shape index (κ2) is 8.23. The quantitative estimate of drug-likeness (QED) is 0.295. The number of carbonyl (C=O) groups excluding carboxylic acids is 1. The lowest BCUT2D eigenvalue weighted by molar-refractivity contribution is -0.151. The number of nitrogens with zero attached hydrogens (tertiary/aromatic N) is 3. The predicted octanol–water partition coefficient (Wildman–Crippen LogP) is 4.82. The number of hydrogen-bond acceptors (Lipinski definition) is 9. The minimum Gasteiger partial charge on any atom is -0.459 e. The Morgan fingerprint density at radius 3 is 2.67 bits per heavy atom. The summed E-state index contributed by atoms with van der Waals surface area (Å²) in [5.41, 5.74) is -0.529. The number of esters is 1. The van der Waals surface area contributed by atoms with Gasteiger partial charge in [-0.3, -0.25) is 4.79 Å². The number of ether oxygens (including phenoxy) is 1. The summed E-state index contributed by atoms with van der Waals surface area (Å²) >= 11 is 11.4. The number of halogens is 1. The molecule has 0 amide bonds. The summed E-state index contributed by atoms with van der Waals surface area (Å²) in [5.74, 6) is -0.186. The fraction of sp³-hybridized carbons (Fsp3) is 0.429. The first-order chi connectivity index (χ1) is 11.2. The molecule has 24 heavy (non-hydrogen) atoms. The first kappa shape index (κ1) is 19.8. The van der Waals surface area contributed by atoms with Gasteiger partial charge in [-0.25, -0.2) is 9.97 Å². The Morgan fingerprint density at radius 1 is 1.38 bits per heavy atom. The van der Waals surface area contributed by atoms with Gasteiger partial charge in [0.15, 0.2) is 5.16 Å². The molecule has 1 aromatic heterocycles. The van der Waals surface area contributed by atoms with Gasteiger partial charge >= 0.3 is 5.97 Å². The maximum absolute atomic E-state index is 11.9. The van der Waals surface area contributed by atoms with Crippen molar-refractivity contribution in [3.8, 4) is 6.07 Å². The molecular formula is C14H14ClN3O2S4. The molecule has 128 valence electrons. The highest BCUT2D eigenvalue weighted by molar-refractivity contribution is 8.24. The van der Waals surface area contributed by atoms with Gasteiger partial charge in [-0.1, -0.05) is 46.9 Å². The zero-order chi connectivity index (χ0) is 17.9. The van der Waals surface area contributed by atoms with Crippen LogP contribution in [0.15, 0.2) is 24.2 Å². The van der Waals surface area contributed by atoms with E-state index in [2.05, 4.69) is 16.0 Å². The molecule has 0 fully saturated rings. The highest BCUT2D eigenvalue weighted by Gasteiger charge is 2.26. The van der Waals surface area contributed by atoms with E-state index in [0.717, 1.165) is 4.24 Å². The second-order valence-corrected chi connectivity index (χ2v) is 9.84. The van der Waals surface area contributed by atoms with Crippen LogP contribution in [0.5, 0.6) is 0 Å². The lowest BCUT2D eigenvalue weighted by Crippen LogP contribution is -2.24. The Balaban J connectivity index is 2.16. The molecule has 0 spiro atoms. The van der Waals surface area contributed by atoms with Crippen molar-refractivity contribution in [3.63, 3.8) is 0 Å². The van der Waals surface area contributed by atoms with Gasteiger partial charge < -0.3 is 4.74 Å². The Bertz CT molecular complexity index is 741. The van der Waals surface area contributed by atoms with E-state index in [1.165, 1.54) is 47.0 Å². The summed E-state index contributed by atoms with van der Waals surface area (Å²) in [6.45, 7) is 5.46. The third-order valence-corrected chi connectivity index (χ3v) is 7.12. The van der Waals surface area contributed by atoms with Crippen LogP contribution in [-0.4, -0.2) is 33.5 Å². The number of nitriles is 1. The van der Waals surface area contributed by atoms with Crippen LogP contribution in [-0.2, 0) is 9.53 Å². The summed E-state index contributed by atoms with van der Waals surface area (Å²) < 4.78 is 6.02. The smallest absolute Gasteiger partial charge is 0.316 e. The van der Waals surface area contributed by atoms with E-state index in [1.54, 1.807) is 0 Å². The number of carbonyl (C=O) groups is 1. The van der Waals surface area contributed by atoms with Gasteiger partial charge in [0.1, 0.15) is 26.8 Å². The molecule has 0 radical (unpaired) electrons. The Labute approximate surface area is 162 Å². The number of fused-ring (bicyclic) bond motifs is 1. The summed E-state index contributed by atoms with van der Waals surface area (Å²) in [7, 11) is 0. The first-order valence-corrected chi connectivity index (χ1v) is 10.9. The molecule has 0 aliphatic carbocycles. The van der Waals surface area contributed by atoms with Gasteiger partial charge in [-0.2, -0.15) is 5.26 Å². The molecule has 2 rings (SSSR count). The van der Waals surface area contributed by atoms with Crippen LogP contribution in [0.25, 0.3) is 0 Å². The molecule has 0 bridgehead atoms. The average Bonchev–Trinajstić information content (AvgIpc) is 2.50. The van der Waals surface area contributed by atoms with Crippen molar-refractivity contribution in [1.29, 1.82) is 5.26 Å². The Morgan fingerprint density at radius 2 is 2.08 bits per heavy atom. The summed E-state index contributed by atoms with van der Waals surface area (Å²) in [6.07, 6.45) is 1.87. The summed E-state index contributed by atoms with van der Waals surface area (Å²) in [5, 5.41) is 11.0. The molecule has 2 heterocycles. The molecule has 0 aromatic carbocycles. The molecule has 0 atom stereocenters. The molecular weight excluding hydrogens is 406 g/mol. The van der Waals surface area contributed by atoms with Crippen molar-refractivity contribution in [3.05, 3.63) is 14.3 Å². The van der Waals surface area contributed by atoms with Gasteiger partial charge in [-0.15, -0.1) is 11.8 Å². The fourth-order valence-electron chi connectivity index (χ4n) is 1.57. The number of allylic oxidation sites excluding steroid dienone is 1. The Kier molecular flexibility index (Phi) is 6.79. The van der Waals surface area contributed by atoms with E-state index in [-0.39, 0.29) is 11.7 Å². The van der Waals surface area contributed by atoms with Crippen LogP contribution in [0, 0.1) is 11.3 Å². The third-order valence-electron chi connectivity index (χ3n) is 2.38. The van der Waals surface area contributed by atoms with E-state index >= 15 is 0 Å². The zero-order valence-electron chi connectivity index (χ0n) is 13.4. The second-order valence-electron chi connectivity index (χ2n) is 5.44. The number of aromatic nitrogens is 2. The average molecular weight is 420 g/mol. The standard InChI is InChI=1S/C14H14ClN3O2S4/c1-14(2,3)20-8(19)6-22-12-7(5-16)23-9-10(15)17-13(21-4)18-11(9)24-12/h6H2,1-4H3. The maximum atomic E-state index is 11.9. The zero-order valence-corrected chi connectivity index (χ0v) is 17.4. The molecule has 0 unspecified atom stereocenters. The molecule has 5 nitrogen and oxygen atoms in total. The van der Waals surface area contributed by atoms with E-state index in [4.69, 9.17) is 16.3 Å². The molecule has 10 heteroatoms. The van der Waals surface area contributed by atoms with Crippen LogP contribution in [0.2, 0.25) is 5.15 Å². The van der Waals surface area contributed by atoms with Crippen LogP contribution in [0.3, 0.4) is 0 Å². The summed E-state index contributed by atoms with van der Waals surface area (Å²) in [4.78, 5) is 21.7. The lowest BCUT2D eigenvalue weighted by Gasteiger charge is -2.20. The van der Waals surface area contributed by atoms with Gasteiger partial charge in [0, 0.05) is 0 Å². The SMILES string of the molecule is CSc1nc(Cl)c2c(n1)SC(SCC(=O)OC(C)(C)C)=C(C#N)S2. The highest BCUT2D eigenvalue weighted by Crippen LogP contribution is 2.51. The molecule has 0 saturated carbocycles. The molecule has 1 aliphatic heterocycles. The van der Waals surface area contributed by atoms with Crippen molar-refractivity contribution in [2.24, 2.45) is 0 Å². The minimum absolute atomic E-state index is 0.134. The fourth-order valence-corrected chi connectivity index (χ4v) is 5.55. The van der Waals surface area contributed by atoms with Gasteiger partial charge in [0.25, 0.3) is 0 Å². The van der Waals surface area contributed by atoms with Crippen molar-refractivity contribution >= 4 is 64.6 Å². The van der Waals surface area contributed by atoms with Crippen molar-refractivity contribution in [2.75, 3.05) is 12.0 Å². The maximum Gasteiger partial charge on any atom is 0.316 e. The predicted molar refractivity (Wildman–Crippen MR) is 101 cm³/mol. The largest absolute Gasteiger partial charge is 0.459 e. The lowest BCUT2D eigenvalue weighted by atomic mass is 10.2. The molecule has 0 saturated heterocycles. The topological polar surface area (TPSA) is 75.9 Å². The van der Waals surface area contributed by atoms with E-state index in [0.29, 0.717) is 25.1 Å². The number of rotatable bonds is 4. The van der Waals surface area contributed by atoms with Crippen LogP contribution >= 0.6 is 58.6 Å². The van der Waals surface area contributed by atoms with Crippen molar-refractivity contribution in [2.45, 2.75) is 41.5 Å². The summed E-state index contributed by atoms with van der Waals surface area (Å²) in [6, 6.07) is 2.15. The number of hydrogen-bond donors (Lipinski definition) is 0. The van der Waals surface area contributed by atoms with Crippen LogP contribution in [0.4, 0.5) is 0 Å². The number of thioether (sulfide) groups is 4. The first-order valence-electron chi connectivity index (χ1n) is 6.69. The van der Waals surface area contributed by atoms with E-state index < -0.39 is 5.60 Å². The van der Waals surface area contributed by atoms with Crippen molar-refractivity contribution < 1.29 is 9.53 Å². The van der Waals surface area contributed by atoms with Crippen LogP contribution in [0.1, 0.15) is 20.8 Å². The van der Waals surface area contributed by atoms with Crippen molar-refractivity contribution in [1.82, 2.24) is 9.97 Å². The Hall–Kier alpha value is -0.530. The third kappa shape index (κ3) is 5.23. The van der Waals surface area contributed by atoms with E-state index in [1.807, 2.05) is 27.0 Å². The minimum atomic E-state index is -0.529. The van der Waals surface area contributed by atoms with Gasteiger partial charge in [0.2, 0.25) is 0 Å². The normalized spacial score (nSPS) is 14.2.